The molecule has 0 radical (unpaired) electrons. The molecule has 4 heterocycles. The number of aliphatic hydroxyl groups excluding tert-OH is 11. The zero-order chi connectivity index (χ0) is 34.4. The average Bonchev–Trinajstić information content (AvgIpc) is 3.52. The van der Waals surface area contributed by atoms with Gasteiger partial charge in [-0.1, -0.05) is 5.11 Å². The van der Waals surface area contributed by atoms with E-state index in [4.69, 9.17) is 43.4 Å². The Morgan fingerprint density at radius 3 is 1.55 bits per heavy atom. The van der Waals surface area contributed by atoms with Gasteiger partial charge in [-0.3, -0.25) is 0 Å². The minimum atomic E-state index is -1.89. The summed E-state index contributed by atoms with van der Waals surface area (Å²) in [6.07, 6.45) is -28.0. The first kappa shape index (κ1) is 38.4. The second-order valence-electron chi connectivity index (χ2n) is 11.4. The molecular weight excluding hydrogens is 646 g/mol. The van der Waals surface area contributed by atoms with E-state index in [-0.39, 0.29) is 13.2 Å². The summed E-state index contributed by atoms with van der Waals surface area (Å²) in [6.45, 7) is -2.62. The number of nitrogens with zero attached hydrogens (tertiary/aromatic N) is 3. The Bertz CT molecular complexity index is 1010. The van der Waals surface area contributed by atoms with Crippen molar-refractivity contribution in [1.82, 2.24) is 0 Å². The SMILES string of the molecule is [N-]=[N+]=NCCCO[C@H]1O[C@H](CO)[C@@H](O)[C@@H]1O[C@H]1O[C@H](CO[C@H]2O[C@H](CO)[C@@H](O)[C@H](O)[C@@H]2O[C@H]2O[C@H](CO)[C@@H](O)[C@H](O)[C@@H]2O)[C@@H](O)[C@@H]1O. The van der Waals surface area contributed by atoms with E-state index in [0.29, 0.717) is 6.42 Å². The zero-order valence-corrected chi connectivity index (χ0v) is 24.9. The molecule has 22 heteroatoms. The van der Waals surface area contributed by atoms with E-state index in [2.05, 4.69) is 10.0 Å². The molecule has 0 saturated carbocycles. The van der Waals surface area contributed by atoms with Gasteiger partial charge in [0, 0.05) is 18.1 Å². The van der Waals surface area contributed by atoms with Crippen LogP contribution < -0.4 is 0 Å². The topological polar surface area (TPSA) is 345 Å². The lowest BCUT2D eigenvalue weighted by molar-refractivity contribution is -0.369. The van der Waals surface area contributed by atoms with Crippen molar-refractivity contribution in [3.05, 3.63) is 10.4 Å². The van der Waals surface area contributed by atoms with Crippen LogP contribution in [0, 0.1) is 0 Å². The Hall–Kier alpha value is -1.45. The largest absolute Gasteiger partial charge is 0.394 e. The Morgan fingerprint density at radius 2 is 0.979 bits per heavy atom. The van der Waals surface area contributed by atoms with Gasteiger partial charge in [0.1, 0.15) is 85.5 Å². The highest BCUT2D eigenvalue weighted by Gasteiger charge is 2.53. The maximum Gasteiger partial charge on any atom is 0.187 e. The fourth-order valence-electron chi connectivity index (χ4n) is 5.49. The molecule has 0 aromatic carbocycles. The van der Waals surface area contributed by atoms with E-state index in [1.165, 1.54) is 0 Å². The fraction of sp³-hybridized carbons (Fsp3) is 1.00. The summed E-state index contributed by atoms with van der Waals surface area (Å²) in [6, 6.07) is 0. The van der Waals surface area contributed by atoms with E-state index in [1.54, 1.807) is 0 Å². The standard InChI is InChI=1S/C25H43N3O19/c26-28-27-2-1-3-40-24-20(15(35)10(6-31)44-24)46-22-18(38)14(34)11(45-22)7-41-25-21(17(37)13(33)9(5-30)43-25)47-23-19(39)16(36)12(32)8(4-29)42-23/h8-25,29-39H,1-7H2/t8-,9-,10-,11-,12-,13-,14-,15-,16+,17+,18+,19+,20+,21+,22-,23-,24+,25+/m1/s1. The molecule has 0 aromatic heterocycles. The van der Waals surface area contributed by atoms with Gasteiger partial charge >= 0.3 is 0 Å². The van der Waals surface area contributed by atoms with E-state index in [9.17, 15) is 56.2 Å². The van der Waals surface area contributed by atoms with E-state index in [1.807, 2.05) is 0 Å². The van der Waals surface area contributed by atoms with Crippen LogP contribution in [-0.2, 0) is 37.9 Å². The van der Waals surface area contributed by atoms with Gasteiger partial charge in [-0.05, 0) is 12.0 Å². The Labute approximate surface area is 266 Å². The van der Waals surface area contributed by atoms with Crippen molar-refractivity contribution in [2.75, 3.05) is 39.6 Å². The van der Waals surface area contributed by atoms with Crippen LogP contribution in [0.2, 0.25) is 0 Å². The smallest absolute Gasteiger partial charge is 0.187 e. The summed E-state index contributed by atoms with van der Waals surface area (Å²) in [7, 11) is 0. The minimum Gasteiger partial charge on any atom is -0.394 e. The molecule has 47 heavy (non-hydrogen) atoms. The zero-order valence-electron chi connectivity index (χ0n) is 24.9. The maximum absolute atomic E-state index is 10.8. The van der Waals surface area contributed by atoms with Crippen molar-refractivity contribution in [2.24, 2.45) is 5.11 Å². The predicted molar refractivity (Wildman–Crippen MR) is 144 cm³/mol. The minimum absolute atomic E-state index is 0.0186. The number of hydrogen-bond acceptors (Lipinski definition) is 20. The summed E-state index contributed by atoms with van der Waals surface area (Å²) >= 11 is 0. The third-order valence-corrected chi connectivity index (χ3v) is 8.22. The van der Waals surface area contributed by atoms with Crippen LogP contribution >= 0.6 is 0 Å². The summed E-state index contributed by atoms with van der Waals surface area (Å²) in [5.74, 6) is 0. The fourth-order valence-corrected chi connectivity index (χ4v) is 5.49. The summed E-state index contributed by atoms with van der Waals surface area (Å²) in [5.41, 5.74) is 8.39. The van der Waals surface area contributed by atoms with Crippen LogP contribution in [0.5, 0.6) is 0 Å². The van der Waals surface area contributed by atoms with Crippen LogP contribution in [-0.4, -0.2) is 206 Å². The van der Waals surface area contributed by atoms with Gasteiger partial charge in [-0.2, -0.15) is 0 Å². The third-order valence-electron chi connectivity index (χ3n) is 8.22. The third kappa shape index (κ3) is 8.65. The molecule has 11 N–H and O–H groups in total. The number of azide groups is 1. The van der Waals surface area contributed by atoms with Crippen molar-refractivity contribution >= 4 is 0 Å². The lowest BCUT2D eigenvalue weighted by Gasteiger charge is -2.46. The molecule has 0 aliphatic carbocycles. The molecule has 4 aliphatic rings. The van der Waals surface area contributed by atoms with Crippen LogP contribution in [0.15, 0.2) is 5.11 Å². The van der Waals surface area contributed by atoms with E-state index < -0.39 is 137 Å². The van der Waals surface area contributed by atoms with Gasteiger partial charge in [0.2, 0.25) is 0 Å². The van der Waals surface area contributed by atoms with E-state index in [0.717, 1.165) is 0 Å². The maximum atomic E-state index is 10.8. The number of rotatable bonds is 15. The molecule has 0 bridgehead atoms. The predicted octanol–water partition coefficient (Wildman–Crippen LogP) is -6.75. The van der Waals surface area contributed by atoms with Gasteiger partial charge in [-0.15, -0.1) is 0 Å². The Morgan fingerprint density at radius 1 is 0.532 bits per heavy atom. The second kappa shape index (κ2) is 17.5. The highest BCUT2D eigenvalue weighted by molar-refractivity contribution is 4.95. The average molecular weight is 690 g/mol. The molecular formula is C25H43N3O19. The molecule has 22 nitrogen and oxygen atoms in total. The Kier molecular flexibility index (Phi) is 14.3. The molecule has 272 valence electrons. The van der Waals surface area contributed by atoms with Crippen molar-refractivity contribution in [3.8, 4) is 0 Å². The highest BCUT2D eigenvalue weighted by Crippen LogP contribution is 2.33. The number of ether oxygens (including phenoxy) is 8. The van der Waals surface area contributed by atoms with Crippen molar-refractivity contribution in [1.29, 1.82) is 0 Å². The molecule has 18 atom stereocenters. The van der Waals surface area contributed by atoms with E-state index >= 15 is 0 Å². The molecule has 0 unspecified atom stereocenters. The number of hydrogen-bond donors (Lipinski definition) is 11. The summed E-state index contributed by atoms with van der Waals surface area (Å²) in [4.78, 5) is 2.62. The lowest BCUT2D eigenvalue weighted by atomic mass is 9.97. The van der Waals surface area contributed by atoms with Crippen LogP contribution in [0.3, 0.4) is 0 Å². The van der Waals surface area contributed by atoms with Crippen LogP contribution in [0.25, 0.3) is 10.4 Å². The first-order chi connectivity index (χ1) is 22.5. The first-order valence-electron chi connectivity index (χ1n) is 14.9. The monoisotopic (exact) mass is 689 g/mol. The second-order valence-corrected chi connectivity index (χ2v) is 11.4. The number of aliphatic hydroxyl groups is 11. The molecule has 4 aliphatic heterocycles. The van der Waals surface area contributed by atoms with Crippen molar-refractivity contribution in [2.45, 2.75) is 117 Å². The van der Waals surface area contributed by atoms with Crippen molar-refractivity contribution < 1.29 is 94.1 Å². The lowest BCUT2D eigenvalue weighted by Crippen LogP contribution is -2.64. The molecule has 4 saturated heterocycles. The molecule has 0 aromatic rings. The van der Waals surface area contributed by atoms with Crippen LogP contribution in [0.4, 0.5) is 0 Å². The van der Waals surface area contributed by atoms with Gasteiger partial charge in [0.15, 0.2) is 25.2 Å². The van der Waals surface area contributed by atoms with Gasteiger partial charge in [0.25, 0.3) is 0 Å². The normalized spacial score (nSPS) is 47.2. The van der Waals surface area contributed by atoms with Gasteiger partial charge < -0.3 is 94.1 Å². The quantitative estimate of drug-likeness (QED) is 0.0329. The Balaban J connectivity index is 1.40. The molecule has 4 rings (SSSR count). The summed E-state index contributed by atoms with van der Waals surface area (Å²) in [5, 5.41) is 116. The van der Waals surface area contributed by atoms with Crippen molar-refractivity contribution in [3.63, 3.8) is 0 Å². The molecule has 0 amide bonds. The highest BCUT2D eigenvalue weighted by atomic mass is 16.8. The van der Waals surface area contributed by atoms with Crippen LogP contribution in [0.1, 0.15) is 6.42 Å². The summed E-state index contributed by atoms with van der Waals surface area (Å²) < 4.78 is 44.4. The first-order valence-corrected chi connectivity index (χ1v) is 14.9. The molecule has 4 fully saturated rings. The van der Waals surface area contributed by atoms with Gasteiger partial charge in [-0.25, -0.2) is 0 Å². The molecule has 0 spiro atoms. The van der Waals surface area contributed by atoms with Gasteiger partial charge in [0.05, 0.1) is 26.4 Å².